The highest BCUT2D eigenvalue weighted by molar-refractivity contribution is 7.89. The van der Waals surface area contributed by atoms with Crippen LogP contribution in [0.15, 0.2) is 35.1 Å². The van der Waals surface area contributed by atoms with Crippen molar-refractivity contribution in [1.29, 1.82) is 0 Å². The third-order valence-corrected chi connectivity index (χ3v) is 11.9. The minimum atomic E-state index is -3.13. The fourth-order valence-corrected chi connectivity index (χ4v) is 8.99. The first-order chi connectivity index (χ1) is 21.8. The second kappa shape index (κ2) is 14.5. The largest absolute Gasteiger partial charge is 0.390 e. The molecule has 5 rings (SSSR count). The van der Waals surface area contributed by atoms with Crippen LogP contribution in [0.4, 0.5) is 0 Å². The number of aromatic nitrogens is 1. The Bertz CT molecular complexity index is 1560. The third kappa shape index (κ3) is 7.82. The Balaban J connectivity index is 1.13. The number of sulfonamides is 1. The van der Waals surface area contributed by atoms with Crippen LogP contribution >= 0.6 is 0 Å². The van der Waals surface area contributed by atoms with Crippen LogP contribution in [0.5, 0.6) is 0 Å². The lowest BCUT2D eigenvalue weighted by Gasteiger charge is -2.40. The van der Waals surface area contributed by atoms with Crippen molar-refractivity contribution >= 4 is 32.7 Å². The van der Waals surface area contributed by atoms with E-state index in [-0.39, 0.29) is 59.4 Å². The van der Waals surface area contributed by atoms with Crippen molar-refractivity contribution in [3.63, 3.8) is 0 Å². The van der Waals surface area contributed by atoms with E-state index in [0.29, 0.717) is 45.7 Å². The number of amides is 2. The maximum Gasteiger partial charge on any atom is 0.264 e. The third-order valence-electron chi connectivity index (χ3n) is 9.91. The summed E-state index contributed by atoms with van der Waals surface area (Å²) in [5.74, 6) is -0.233. The van der Waals surface area contributed by atoms with E-state index >= 15 is 0 Å². The number of carbonyl (C=O) groups is 2. The maximum absolute atomic E-state index is 13.4. The molecule has 0 radical (unpaired) electrons. The van der Waals surface area contributed by atoms with Crippen LogP contribution in [-0.4, -0.2) is 132 Å². The van der Waals surface area contributed by atoms with Gasteiger partial charge in [-0.2, -0.15) is 0 Å². The SMILES string of the molecule is CC(=O)N(CCN(C)CCN1CCCS1(=O)=O)CC(O)CN1[C@H]2CC[C@H]1CC(NC(=O)c1cc3ccccc3n(C(C)C)c1=O)C2. The number of nitrogens with zero attached hydrogens (tertiary/aromatic N) is 5. The van der Waals surface area contributed by atoms with Gasteiger partial charge in [0.2, 0.25) is 15.9 Å². The van der Waals surface area contributed by atoms with E-state index < -0.39 is 16.1 Å². The molecule has 1 aromatic heterocycles. The highest BCUT2D eigenvalue weighted by atomic mass is 32.2. The molecule has 2 N–H and O–H groups in total. The molecule has 0 spiro atoms. The van der Waals surface area contributed by atoms with E-state index in [1.807, 2.05) is 50.1 Å². The molecule has 2 amide bonds. The van der Waals surface area contributed by atoms with Crippen molar-refractivity contribution in [3.8, 4) is 0 Å². The topological polar surface area (TPSA) is 136 Å². The number of pyridine rings is 1. The molecule has 3 saturated heterocycles. The molecule has 4 heterocycles. The zero-order valence-corrected chi connectivity index (χ0v) is 28.4. The number of aliphatic hydroxyl groups excluding tert-OH is 1. The Morgan fingerprint density at radius 3 is 2.41 bits per heavy atom. The molecule has 0 saturated carbocycles. The van der Waals surface area contributed by atoms with Gasteiger partial charge in [-0.25, -0.2) is 12.7 Å². The smallest absolute Gasteiger partial charge is 0.264 e. The summed E-state index contributed by atoms with van der Waals surface area (Å²) in [6.07, 6.45) is 3.40. The monoisotopic (exact) mass is 658 g/mol. The van der Waals surface area contributed by atoms with Crippen molar-refractivity contribution in [1.82, 2.24) is 28.9 Å². The molecular weight excluding hydrogens is 608 g/mol. The highest BCUT2D eigenvalue weighted by Crippen LogP contribution is 2.36. The lowest BCUT2D eigenvalue weighted by atomic mass is 9.96. The van der Waals surface area contributed by atoms with Crippen LogP contribution in [0.1, 0.15) is 69.3 Å². The Hall–Kier alpha value is -2.84. The maximum atomic E-state index is 13.4. The number of nitrogens with one attached hydrogen (secondary N) is 1. The molecule has 0 aliphatic carbocycles. The van der Waals surface area contributed by atoms with Crippen molar-refractivity contribution in [2.75, 3.05) is 58.6 Å². The van der Waals surface area contributed by atoms with Crippen LogP contribution < -0.4 is 10.9 Å². The Morgan fingerprint density at radius 2 is 1.78 bits per heavy atom. The fraction of sp³-hybridized carbons (Fsp3) is 0.667. The number of piperidine rings is 1. The molecule has 3 aliphatic rings. The van der Waals surface area contributed by atoms with E-state index in [1.165, 1.54) is 11.2 Å². The normalized spacial score (nSPS) is 23.8. The van der Waals surface area contributed by atoms with Gasteiger partial charge in [0.15, 0.2) is 0 Å². The van der Waals surface area contributed by atoms with Crippen LogP contribution in [0, 0.1) is 0 Å². The predicted molar refractivity (Wildman–Crippen MR) is 178 cm³/mol. The average Bonchev–Trinajstić information content (AvgIpc) is 3.44. The number of hydrogen-bond donors (Lipinski definition) is 2. The number of aliphatic hydroxyl groups is 1. The molecule has 1 unspecified atom stereocenters. The second-order valence-corrected chi connectivity index (χ2v) is 15.7. The van der Waals surface area contributed by atoms with E-state index in [0.717, 1.165) is 36.6 Å². The first-order valence-corrected chi connectivity index (χ1v) is 18.3. The predicted octanol–water partition coefficient (Wildman–Crippen LogP) is 1.48. The van der Waals surface area contributed by atoms with Gasteiger partial charge in [0, 0.05) is 76.9 Å². The van der Waals surface area contributed by atoms with Crippen molar-refractivity contribution < 1.29 is 23.1 Å². The molecule has 3 atom stereocenters. The molecule has 46 heavy (non-hydrogen) atoms. The van der Waals surface area contributed by atoms with Gasteiger partial charge < -0.3 is 24.8 Å². The van der Waals surface area contributed by atoms with Gasteiger partial charge in [-0.15, -0.1) is 0 Å². The molecule has 3 aliphatic heterocycles. The van der Waals surface area contributed by atoms with Gasteiger partial charge in [-0.3, -0.25) is 19.3 Å². The molecular formula is C33H50N6O6S. The Labute approximate surface area is 272 Å². The number of rotatable bonds is 13. The van der Waals surface area contributed by atoms with Crippen molar-refractivity contribution in [2.24, 2.45) is 0 Å². The molecule has 13 heteroatoms. The lowest BCUT2D eigenvalue weighted by molar-refractivity contribution is -0.130. The van der Waals surface area contributed by atoms with Gasteiger partial charge in [0.25, 0.3) is 11.5 Å². The van der Waals surface area contributed by atoms with E-state index in [2.05, 4.69) is 10.2 Å². The summed E-state index contributed by atoms with van der Waals surface area (Å²) in [5, 5.41) is 15.1. The van der Waals surface area contributed by atoms with Gasteiger partial charge in [-0.1, -0.05) is 18.2 Å². The zero-order chi connectivity index (χ0) is 33.2. The van der Waals surface area contributed by atoms with Crippen LogP contribution in [-0.2, 0) is 14.8 Å². The average molecular weight is 659 g/mol. The van der Waals surface area contributed by atoms with E-state index in [1.54, 1.807) is 15.5 Å². The van der Waals surface area contributed by atoms with E-state index in [4.69, 9.17) is 0 Å². The summed E-state index contributed by atoms with van der Waals surface area (Å²) >= 11 is 0. The molecule has 2 bridgehead atoms. The number of carbonyl (C=O) groups excluding carboxylic acids is 2. The van der Waals surface area contributed by atoms with Gasteiger partial charge in [0.1, 0.15) is 5.56 Å². The summed E-state index contributed by atoms with van der Waals surface area (Å²) in [6, 6.07) is 9.59. The molecule has 1 aromatic carbocycles. The number of fused-ring (bicyclic) bond motifs is 3. The second-order valence-electron chi connectivity index (χ2n) is 13.6. The quantitative estimate of drug-likeness (QED) is 0.331. The van der Waals surface area contributed by atoms with Gasteiger partial charge >= 0.3 is 0 Å². The van der Waals surface area contributed by atoms with Crippen molar-refractivity contribution in [2.45, 2.75) is 83.1 Å². The van der Waals surface area contributed by atoms with Crippen molar-refractivity contribution in [3.05, 3.63) is 46.2 Å². The first kappa shape index (κ1) is 34.5. The fourth-order valence-electron chi connectivity index (χ4n) is 7.47. The molecule has 254 valence electrons. The Kier molecular flexibility index (Phi) is 10.9. The minimum Gasteiger partial charge on any atom is -0.390 e. The standard InChI is InChI=1S/C33H50N6O6S/c1-23(2)39-31-9-6-5-8-25(31)18-30(33(39)43)32(42)34-26-19-27-10-11-28(20-26)38(27)22-29(41)21-36(24(3)40)15-13-35(4)14-16-37-12-7-17-46(37,44)45/h5-6,8-9,18,23,26-29,41H,7,10-17,19-22H2,1-4H3,(H,34,42)/t27-,28-,29?/m0/s1. The summed E-state index contributed by atoms with van der Waals surface area (Å²) in [7, 11) is -1.21. The molecule has 12 nitrogen and oxygen atoms in total. The van der Waals surface area contributed by atoms with Gasteiger partial charge in [-0.05, 0) is 70.5 Å². The van der Waals surface area contributed by atoms with Crippen LogP contribution in [0.2, 0.25) is 0 Å². The summed E-state index contributed by atoms with van der Waals surface area (Å²) < 4.78 is 27.3. The lowest BCUT2D eigenvalue weighted by Crippen LogP contribution is -2.54. The number of benzene rings is 1. The Morgan fingerprint density at radius 1 is 1.09 bits per heavy atom. The number of likely N-dealkylation sites (N-methyl/N-ethyl adjacent to an activating group) is 1. The molecule has 3 fully saturated rings. The summed E-state index contributed by atoms with van der Waals surface area (Å²) in [4.78, 5) is 45.2. The number of para-hydroxylation sites is 1. The zero-order valence-electron chi connectivity index (χ0n) is 27.6. The molecule has 2 aromatic rings. The first-order valence-electron chi connectivity index (χ1n) is 16.6. The van der Waals surface area contributed by atoms with Crippen LogP contribution in [0.3, 0.4) is 0 Å². The highest BCUT2D eigenvalue weighted by Gasteiger charge is 2.42. The van der Waals surface area contributed by atoms with Crippen LogP contribution in [0.25, 0.3) is 10.9 Å². The summed E-state index contributed by atoms with van der Waals surface area (Å²) in [6.45, 7) is 8.69. The number of hydrogen-bond acceptors (Lipinski definition) is 8. The van der Waals surface area contributed by atoms with Gasteiger partial charge in [0.05, 0.1) is 17.4 Å². The van der Waals surface area contributed by atoms with E-state index in [9.17, 15) is 27.9 Å². The summed E-state index contributed by atoms with van der Waals surface area (Å²) in [5.41, 5.74) is 0.693. The minimum absolute atomic E-state index is 0.0587.